The number of allylic oxidation sites excluding steroid dienone is 1. The van der Waals surface area contributed by atoms with Gasteiger partial charge in [-0.3, -0.25) is 4.79 Å². The fraction of sp³-hybridized carbons (Fsp3) is 0.412. The maximum absolute atomic E-state index is 12.7. The van der Waals surface area contributed by atoms with Crippen LogP contribution in [-0.2, 0) is 4.79 Å². The van der Waals surface area contributed by atoms with Crippen molar-refractivity contribution in [2.24, 2.45) is 17.3 Å². The summed E-state index contributed by atoms with van der Waals surface area (Å²) in [7, 11) is 0. The van der Waals surface area contributed by atoms with Crippen LogP contribution >= 0.6 is 81.8 Å². The van der Waals surface area contributed by atoms with Crippen molar-refractivity contribution in [1.82, 2.24) is 10.6 Å². The molecule has 3 unspecified atom stereocenters. The van der Waals surface area contributed by atoms with Crippen molar-refractivity contribution in [3.8, 4) is 0 Å². The van der Waals surface area contributed by atoms with Gasteiger partial charge in [0.15, 0.2) is 5.11 Å². The van der Waals surface area contributed by atoms with E-state index in [9.17, 15) is 4.79 Å². The van der Waals surface area contributed by atoms with Gasteiger partial charge in [-0.2, -0.15) is 0 Å². The van der Waals surface area contributed by atoms with Crippen LogP contribution in [0.4, 0.5) is 5.69 Å². The molecule has 0 aromatic heterocycles. The van der Waals surface area contributed by atoms with Crippen LogP contribution in [0.5, 0.6) is 0 Å². The van der Waals surface area contributed by atoms with E-state index < -0.39 is 9.96 Å². The molecule has 1 aromatic rings. The van der Waals surface area contributed by atoms with Crippen LogP contribution in [0.3, 0.4) is 0 Å². The second-order valence-corrected chi connectivity index (χ2v) is 11.0. The summed E-state index contributed by atoms with van der Waals surface area (Å²) in [5.74, 6) is -0.811. The summed E-state index contributed by atoms with van der Waals surface area (Å²) in [5, 5.41) is 8.97. The van der Waals surface area contributed by atoms with E-state index in [2.05, 4.69) is 16.0 Å². The lowest BCUT2D eigenvalue weighted by Gasteiger charge is -2.28. The van der Waals surface area contributed by atoms with Gasteiger partial charge in [0.2, 0.25) is 9.70 Å². The zero-order valence-electron chi connectivity index (χ0n) is 14.7. The molecular formula is C17H17Cl6N3OS. The normalized spacial score (nSPS) is 21.3. The lowest BCUT2D eigenvalue weighted by Crippen LogP contribution is -2.56. The van der Waals surface area contributed by atoms with Crippen molar-refractivity contribution in [1.29, 1.82) is 0 Å². The number of nitrogens with one attached hydrogen (secondary N) is 3. The first-order valence-electron chi connectivity index (χ1n) is 8.06. The van der Waals surface area contributed by atoms with Crippen molar-refractivity contribution in [3.05, 3.63) is 39.9 Å². The molecule has 0 radical (unpaired) electrons. The van der Waals surface area contributed by atoms with Gasteiger partial charge < -0.3 is 16.0 Å². The predicted octanol–water partition coefficient (Wildman–Crippen LogP) is 6.03. The molecule has 4 nitrogen and oxygen atoms in total. The number of thiocarbonyl (C=S) groups is 1. The summed E-state index contributed by atoms with van der Waals surface area (Å²) in [6.45, 7) is 3.85. The largest absolute Gasteiger partial charge is 0.339 e. The minimum atomic E-state index is -1.86. The zero-order valence-corrected chi connectivity index (χ0v) is 20.1. The van der Waals surface area contributed by atoms with Crippen LogP contribution in [-0.4, -0.2) is 21.0 Å². The lowest BCUT2D eigenvalue weighted by molar-refractivity contribution is -0.123. The Morgan fingerprint density at radius 1 is 1.21 bits per heavy atom. The van der Waals surface area contributed by atoms with Gasteiger partial charge in [0.25, 0.3) is 0 Å². The van der Waals surface area contributed by atoms with E-state index >= 15 is 0 Å². The number of amides is 1. The number of rotatable bonds is 5. The third-order valence-electron chi connectivity index (χ3n) is 4.51. The average molecular weight is 524 g/mol. The molecule has 0 bridgehead atoms. The number of carbonyl (C=O) groups excluding carboxylic acids is 1. The van der Waals surface area contributed by atoms with Crippen LogP contribution in [0.25, 0.3) is 0 Å². The van der Waals surface area contributed by atoms with Gasteiger partial charge in [-0.15, -0.1) is 0 Å². The van der Waals surface area contributed by atoms with Crippen molar-refractivity contribution in [2.45, 2.75) is 23.8 Å². The smallest absolute Gasteiger partial charge is 0.228 e. The maximum atomic E-state index is 12.7. The van der Waals surface area contributed by atoms with E-state index in [1.54, 1.807) is 30.3 Å². The van der Waals surface area contributed by atoms with Crippen LogP contribution < -0.4 is 16.0 Å². The second-order valence-electron chi connectivity index (χ2n) is 6.84. The van der Waals surface area contributed by atoms with Gasteiger partial charge in [-0.1, -0.05) is 95.6 Å². The Balaban J connectivity index is 2.06. The molecule has 1 aliphatic carbocycles. The highest BCUT2D eigenvalue weighted by atomic mass is 35.6. The predicted molar refractivity (Wildman–Crippen MR) is 124 cm³/mol. The maximum Gasteiger partial charge on any atom is 0.228 e. The second kappa shape index (κ2) is 9.34. The molecule has 0 spiro atoms. The summed E-state index contributed by atoms with van der Waals surface area (Å²) in [5.41, 5.74) is 0.245. The molecule has 0 heterocycles. The summed E-state index contributed by atoms with van der Waals surface area (Å²) in [4.78, 5) is 12.7. The number of hydrogen-bond donors (Lipinski definition) is 3. The number of hydrogen-bond acceptors (Lipinski definition) is 2. The molecule has 1 saturated carbocycles. The third-order valence-corrected chi connectivity index (χ3v) is 5.97. The summed E-state index contributed by atoms with van der Waals surface area (Å²) >= 11 is 40.9. The highest BCUT2D eigenvalue weighted by Crippen LogP contribution is 2.59. The quantitative estimate of drug-likeness (QED) is 0.250. The Hall–Kier alpha value is -0.140. The van der Waals surface area contributed by atoms with Gasteiger partial charge >= 0.3 is 0 Å². The molecule has 1 amide bonds. The van der Waals surface area contributed by atoms with E-state index in [0.717, 1.165) is 0 Å². The van der Waals surface area contributed by atoms with E-state index in [-0.39, 0.29) is 32.8 Å². The zero-order chi connectivity index (χ0) is 21.3. The highest BCUT2D eigenvalue weighted by Gasteiger charge is 2.61. The fourth-order valence-electron chi connectivity index (χ4n) is 2.91. The minimum absolute atomic E-state index is 0.106. The topological polar surface area (TPSA) is 53.2 Å². The molecule has 2 rings (SSSR count). The molecule has 3 atom stereocenters. The molecule has 1 fully saturated rings. The highest BCUT2D eigenvalue weighted by molar-refractivity contribution is 7.80. The van der Waals surface area contributed by atoms with E-state index in [1.165, 1.54) is 0 Å². The van der Waals surface area contributed by atoms with Crippen molar-refractivity contribution >= 4 is 98.5 Å². The molecule has 11 heteroatoms. The molecular weight excluding hydrogens is 507 g/mol. The van der Waals surface area contributed by atoms with Gasteiger partial charge in [-0.05, 0) is 41.8 Å². The minimum Gasteiger partial charge on any atom is -0.339 e. The van der Waals surface area contributed by atoms with E-state index in [4.69, 9.17) is 81.8 Å². The molecule has 0 saturated heterocycles. The first kappa shape index (κ1) is 24.1. The standard InChI is InChI=1S/C17H17Cl6N3OS/c1-16(2)8(7-11(19)20)12(16)13(27)25-14(17(21,22)23)26-15(28)24-10-6-4-3-5-9(10)18/h3-8,12,14H,1-2H3,(H,25,27)(H2,24,26,28). The third kappa shape index (κ3) is 6.18. The number of alkyl halides is 3. The van der Waals surface area contributed by atoms with Gasteiger partial charge in [0.1, 0.15) is 10.7 Å². The molecule has 1 aromatic carbocycles. The Bertz CT molecular complexity index is 791. The molecule has 154 valence electrons. The summed E-state index contributed by atoms with van der Waals surface area (Å²) in [6.07, 6.45) is 0.550. The van der Waals surface area contributed by atoms with Crippen LogP contribution in [0.2, 0.25) is 5.02 Å². The Morgan fingerprint density at radius 2 is 1.82 bits per heavy atom. The lowest BCUT2D eigenvalue weighted by atomic mass is 10.1. The van der Waals surface area contributed by atoms with Gasteiger partial charge in [0.05, 0.1) is 16.6 Å². The Morgan fingerprint density at radius 3 is 2.36 bits per heavy atom. The first-order valence-corrected chi connectivity index (χ1v) is 10.7. The number of benzene rings is 1. The summed E-state index contributed by atoms with van der Waals surface area (Å²) < 4.78 is -1.76. The fourth-order valence-corrected chi connectivity index (χ4v) is 3.92. The average Bonchev–Trinajstić information content (AvgIpc) is 3.07. The molecule has 28 heavy (non-hydrogen) atoms. The monoisotopic (exact) mass is 521 g/mol. The van der Waals surface area contributed by atoms with Crippen molar-refractivity contribution < 1.29 is 4.79 Å². The Kier molecular flexibility index (Phi) is 8.05. The van der Waals surface area contributed by atoms with Crippen LogP contribution in [0, 0.1) is 17.3 Å². The van der Waals surface area contributed by atoms with Crippen molar-refractivity contribution in [3.63, 3.8) is 0 Å². The Labute approximate surface area is 199 Å². The van der Waals surface area contributed by atoms with Gasteiger partial charge in [-0.25, -0.2) is 0 Å². The van der Waals surface area contributed by atoms with Crippen LogP contribution in [0.15, 0.2) is 34.8 Å². The molecule has 3 N–H and O–H groups in total. The number of halogens is 6. The summed E-state index contributed by atoms with van der Waals surface area (Å²) in [6, 6.07) is 7.00. The first-order chi connectivity index (χ1) is 12.8. The van der Waals surface area contributed by atoms with Crippen LogP contribution in [0.1, 0.15) is 13.8 Å². The molecule has 0 aliphatic heterocycles. The van der Waals surface area contributed by atoms with Crippen molar-refractivity contribution in [2.75, 3.05) is 5.32 Å². The molecule has 1 aliphatic rings. The van der Waals surface area contributed by atoms with E-state index in [1.807, 2.05) is 13.8 Å². The number of carbonyl (C=O) groups is 1. The van der Waals surface area contributed by atoms with E-state index in [0.29, 0.717) is 10.7 Å². The van der Waals surface area contributed by atoms with Gasteiger partial charge in [0, 0.05) is 0 Å². The number of para-hydroxylation sites is 1. The number of anilines is 1. The SMILES string of the molecule is CC1(C)C(C=C(Cl)Cl)C1C(=O)NC(NC(=S)Nc1ccccc1Cl)C(Cl)(Cl)Cl.